The molecular formula is C25H23N3O3. The molecule has 1 heterocycles. The number of carbonyl (C=O) groups is 1. The number of hydrogen-bond acceptors (Lipinski definition) is 3. The van der Waals surface area contributed by atoms with Crippen molar-refractivity contribution in [2.24, 2.45) is 0 Å². The third-order valence-electron chi connectivity index (χ3n) is 5.12. The molecule has 0 atom stereocenters. The fourth-order valence-corrected chi connectivity index (χ4v) is 3.85. The molecule has 0 bridgehead atoms. The summed E-state index contributed by atoms with van der Waals surface area (Å²) in [6.07, 6.45) is 0. The summed E-state index contributed by atoms with van der Waals surface area (Å²) in [5.41, 5.74) is 3.53. The summed E-state index contributed by atoms with van der Waals surface area (Å²) in [7, 11) is 0. The summed E-state index contributed by atoms with van der Waals surface area (Å²) in [6, 6.07) is 19.9. The molecule has 156 valence electrons. The zero-order valence-electron chi connectivity index (χ0n) is 17.7. The van der Waals surface area contributed by atoms with Gasteiger partial charge in [-0.1, -0.05) is 30.3 Å². The van der Waals surface area contributed by atoms with Gasteiger partial charge in [-0.15, -0.1) is 0 Å². The second kappa shape index (κ2) is 8.07. The summed E-state index contributed by atoms with van der Waals surface area (Å²) >= 11 is 0. The number of aryl methyl sites for hydroxylation is 3. The molecule has 0 spiro atoms. The van der Waals surface area contributed by atoms with Crippen molar-refractivity contribution in [1.29, 1.82) is 0 Å². The Morgan fingerprint density at radius 3 is 2.26 bits per heavy atom. The van der Waals surface area contributed by atoms with Crippen molar-refractivity contribution in [3.8, 4) is 5.69 Å². The number of para-hydroxylation sites is 1. The van der Waals surface area contributed by atoms with Crippen LogP contribution in [0.15, 0.2) is 76.3 Å². The largest absolute Gasteiger partial charge is 0.336 e. The van der Waals surface area contributed by atoms with Gasteiger partial charge < -0.3 is 5.32 Å². The molecule has 6 nitrogen and oxygen atoms in total. The van der Waals surface area contributed by atoms with Gasteiger partial charge in [-0.3, -0.25) is 14.2 Å². The molecule has 0 fully saturated rings. The highest BCUT2D eigenvalue weighted by atomic mass is 16.2. The average Bonchev–Trinajstić information content (AvgIpc) is 2.70. The number of nitrogens with one attached hydrogen (secondary N) is 1. The smallest absolute Gasteiger partial charge is 0.325 e. The fourth-order valence-electron chi connectivity index (χ4n) is 3.85. The number of amides is 1. The molecule has 6 heteroatoms. The van der Waals surface area contributed by atoms with Gasteiger partial charge in [0.1, 0.15) is 6.54 Å². The number of nitrogens with zero attached hydrogens (tertiary/aromatic N) is 2. The molecule has 0 aliphatic rings. The third kappa shape index (κ3) is 4.05. The molecule has 1 N–H and O–H groups in total. The van der Waals surface area contributed by atoms with Gasteiger partial charge >= 0.3 is 5.69 Å². The molecule has 1 aromatic heterocycles. The minimum Gasteiger partial charge on any atom is -0.325 e. The maximum absolute atomic E-state index is 13.4. The van der Waals surface area contributed by atoms with Crippen LogP contribution in [0.5, 0.6) is 0 Å². The maximum atomic E-state index is 13.4. The van der Waals surface area contributed by atoms with Crippen LogP contribution >= 0.6 is 0 Å². The predicted octanol–water partition coefficient (Wildman–Crippen LogP) is 3.72. The normalized spacial score (nSPS) is 10.9. The van der Waals surface area contributed by atoms with E-state index in [9.17, 15) is 14.4 Å². The van der Waals surface area contributed by atoms with Gasteiger partial charge in [0.15, 0.2) is 0 Å². The standard InChI is InChI=1S/C25H23N3O3/c1-16-7-6-8-19(12-16)26-23(29)15-27-22-10-5-4-9-21(22)24(30)28(25(27)31)20-13-17(2)11-18(3)14-20/h4-14H,15H2,1-3H3,(H,26,29). The molecule has 0 radical (unpaired) electrons. The first-order chi connectivity index (χ1) is 14.8. The lowest BCUT2D eigenvalue weighted by Crippen LogP contribution is -2.40. The Kier molecular flexibility index (Phi) is 5.29. The van der Waals surface area contributed by atoms with Gasteiger partial charge in [-0.25, -0.2) is 9.36 Å². The number of carbonyl (C=O) groups excluding carboxylic acids is 1. The second-order valence-corrected chi connectivity index (χ2v) is 7.79. The minimum atomic E-state index is -0.548. The zero-order valence-corrected chi connectivity index (χ0v) is 17.7. The van der Waals surface area contributed by atoms with Gasteiger partial charge in [0, 0.05) is 5.69 Å². The topological polar surface area (TPSA) is 73.1 Å². The molecule has 4 rings (SSSR count). The van der Waals surface area contributed by atoms with E-state index in [0.29, 0.717) is 22.3 Å². The SMILES string of the molecule is Cc1cccc(NC(=O)Cn2c(=O)n(-c3cc(C)cc(C)c3)c(=O)c3ccccc32)c1. The molecule has 0 aliphatic carbocycles. The van der Waals surface area contributed by atoms with E-state index in [1.165, 1.54) is 4.57 Å². The molecular weight excluding hydrogens is 390 g/mol. The van der Waals surface area contributed by atoms with E-state index < -0.39 is 11.2 Å². The summed E-state index contributed by atoms with van der Waals surface area (Å²) in [5, 5.41) is 3.21. The minimum absolute atomic E-state index is 0.210. The van der Waals surface area contributed by atoms with E-state index >= 15 is 0 Å². The summed E-state index contributed by atoms with van der Waals surface area (Å²) in [5.74, 6) is -0.344. The van der Waals surface area contributed by atoms with Crippen LogP contribution in [-0.2, 0) is 11.3 Å². The molecule has 3 aromatic carbocycles. The number of hydrogen-bond donors (Lipinski definition) is 1. The summed E-state index contributed by atoms with van der Waals surface area (Å²) < 4.78 is 2.49. The van der Waals surface area contributed by atoms with Crippen LogP contribution in [0.2, 0.25) is 0 Å². The van der Waals surface area contributed by atoms with Crippen molar-refractivity contribution in [2.75, 3.05) is 5.32 Å². The Morgan fingerprint density at radius 1 is 0.839 bits per heavy atom. The Labute approximate surface area is 179 Å². The molecule has 0 saturated heterocycles. The van der Waals surface area contributed by atoms with E-state index in [1.807, 2.05) is 45.0 Å². The van der Waals surface area contributed by atoms with Gasteiger partial charge in [0.2, 0.25) is 5.91 Å². The molecule has 0 saturated carbocycles. The Morgan fingerprint density at radius 2 is 1.55 bits per heavy atom. The Bertz CT molecular complexity index is 1410. The highest BCUT2D eigenvalue weighted by Gasteiger charge is 2.17. The lowest BCUT2D eigenvalue weighted by Gasteiger charge is -2.15. The monoisotopic (exact) mass is 413 g/mol. The van der Waals surface area contributed by atoms with E-state index in [4.69, 9.17) is 0 Å². The van der Waals surface area contributed by atoms with Crippen molar-refractivity contribution in [1.82, 2.24) is 9.13 Å². The second-order valence-electron chi connectivity index (χ2n) is 7.79. The fraction of sp³-hybridized carbons (Fsp3) is 0.160. The van der Waals surface area contributed by atoms with Crippen molar-refractivity contribution < 1.29 is 4.79 Å². The first-order valence-corrected chi connectivity index (χ1v) is 10.0. The van der Waals surface area contributed by atoms with E-state index in [0.717, 1.165) is 21.3 Å². The number of anilines is 1. The average molecular weight is 413 g/mol. The van der Waals surface area contributed by atoms with Crippen molar-refractivity contribution in [2.45, 2.75) is 27.3 Å². The number of benzene rings is 3. The zero-order chi connectivity index (χ0) is 22.1. The van der Waals surface area contributed by atoms with E-state index in [2.05, 4.69) is 5.32 Å². The molecule has 0 unspecified atom stereocenters. The molecule has 31 heavy (non-hydrogen) atoms. The van der Waals surface area contributed by atoms with Crippen molar-refractivity contribution in [3.63, 3.8) is 0 Å². The van der Waals surface area contributed by atoms with E-state index in [1.54, 1.807) is 42.5 Å². The van der Waals surface area contributed by atoms with Crippen LogP contribution in [0.25, 0.3) is 16.6 Å². The first-order valence-electron chi connectivity index (χ1n) is 10.0. The lowest BCUT2D eigenvalue weighted by molar-refractivity contribution is -0.116. The lowest BCUT2D eigenvalue weighted by atomic mass is 10.1. The first kappa shape index (κ1) is 20.3. The molecule has 0 aliphatic heterocycles. The number of aromatic nitrogens is 2. The van der Waals surface area contributed by atoms with Crippen LogP contribution in [0.4, 0.5) is 5.69 Å². The van der Waals surface area contributed by atoms with Crippen LogP contribution < -0.4 is 16.6 Å². The predicted molar refractivity (Wildman–Crippen MR) is 123 cm³/mol. The van der Waals surface area contributed by atoms with Gasteiger partial charge in [-0.05, 0) is 73.9 Å². The maximum Gasteiger partial charge on any atom is 0.336 e. The summed E-state index contributed by atoms with van der Waals surface area (Å²) in [6.45, 7) is 5.55. The number of fused-ring (bicyclic) bond motifs is 1. The Hall–Kier alpha value is -3.93. The quantitative estimate of drug-likeness (QED) is 0.554. The third-order valence-corrected chi connectivity index (χ3v) is 5.12. The van der Waals surface area contributed by atoms with Crippen LogP contribution in [0.1, 0.15) is 16.7 Å². The van der Waals surface area contributed by atoms with Crippen LogP contribution in [0, 0.1) is 20.8 Å². The van der Waals surface area contributed by atoms with Gasteiger partial charge in [-0.2, -0.15) is 0 Å². The highest BCUT2D eigenvalue weighted by molar-refractivity contribution is 5.91. The summed E-state index contributed by atoms with van der Waals surface area (Å²) in [4.78, 5) is 39.4. The Balaban J connectivity index is 1.86. The van der Waals surface area contributed by atoms with Gasteiger partial charge in [0.05, 0.1) is 16.6 Å². The molecule has 1 amide bonds. The van der Waals surface area contributed by atoms with Crippen LogP contribution in [0.3, 0.4) is 0 Å². The number of rotatable bonds is 4. The van der Waals surface area contributed by atoms with Crippen molar-refractivity contribution >= 4 is 22.5 Å². The van der Waals surface area contributed by atoms with Crippen molar-refractivity contribution in [3.05, 3.63) is 104 Å². The molecule has 4 aromatic rings. The van der Waals surface area contributed by atoms with Gasteiger partial charge in [0.25, 0.3) is 5.56 Å². The highest BCUT2D eigenvalue weighted by Crippen LogP contribution is 2.14. The van der Waals surface area contributed by atoms with Crippen LogP contribution in [-0.4, -0.2) is 15.0 Å². The van der Waals surface area contributed by atoms with E-state index in [-0.39, 0.29) is 12.5 Å².